The molecule has 6 nitrogen and oxygen atoms in total. The molecule has 0 aromatic rings. The Morgan fingerprint density at radius 1 is 1.22 bits per heavy atom. The number of aliphatic carboxylic acids is 1. The Bertz CT molecular complexity index is 324. The van der Waals surface area contributed by atoms with E-state index in [9.17, 15) is 19.5 Å². The zero-order valence-electron chi connectivity index (χ0n) is 11.4. The van der Waals surface area contributed by atoms with Crippen LogP contribution in [0.5, 0.6) is 0 Å². The maximum atomic E-state index is 11.9. The normalized spacial score (nSPS) is 10.9. The second kappa shape index (κ2) is 6.98. The van der Waals surface area contributed by atoms with Gasteiger partial charge in [-0.15, -0.1) is 0 Å². The van der Waals surface area contributed by atoms with Gasteiger partial charge >= 0.3 is 5.97 Å². The first kappa shape index (κ1) is 16.4. The van der Waals surface area contributed by atoms with E-state index in [1.54, 1.807) is 13.8 Å². The highest BCUT2D eigenvalue weighted by Gasteiger charge is 2.38. The molecule has 2 amide bonds. The van der Waals surface area contributed by atoms with Crippen LogP contribution in [-0.4, -0.2) is 48.4 Å². The van der Waals surface area contributed by atoms with Gasteiger partial charge in [0.2, 0.25) is 11.8 Å². The first-order valence-electron chi connectivity index (χ1n) is 6.01. The molecule has 0 aliphatic heterocycles. The summed E-state index contributed by atoms with van der Waals surface area (Å²) in [5, 5.41) is 11.6. The molecule has 0 aromatic carbocycles. The zero-order chi connectivity index (χ0) is 14.3. The molecule has 0 heterocycles. The number of likely N-dealkylation sites (N-methyl/N-ethyl adjacent to an activating group) is 2. The Hall–Kier alpha value is -1.59. The summed E-state index contributed by atoms with van der Waals surface area (Å²) in [6, 6.07) is 0. The Morgan fingerprint density at radius 3 is 2.06 bits per heavy atom. The average molecular weight is 258 g/mol. The molecule has 0 bridgehead atoms. The Labute approximate surface area is 107 Å². The number of carboxylic acids is 1. The standard InChI is InChI=1S/C12H22N2O4/c1-5-12(6-2,11(17)18)7-10(16)14(4)8-9(15)13-3/h5-8H2,1-4H3,(H,13,15)(H,17,18). The SMILES string of the molecule is CCC(CC)(CC(=O)N(C)CC(=O)NC)C(=O)O. The lowest BCUT2D eigenvalue weighted by Gasteiger charge is -2.28. The smallest absolute Gasteiger partial charge is 0.310 e. The van der Waals surface area contributed by atoms with Crippen LogP contribution in [0.15, 0.2) is 0 Å². The molecule has 18 heavy (non-hydrogen) atoms. The molecule has 0 spiro atoms. The van der Waals surface area contributed by atoms with Gasteiger partial charge in [-0.3, -0.25) is 14.4 Å². The van der Waals surface area contributed by atoms with Gasteiger partial charge in [0.15, 0.2) is 0 Å². The van der Waals surface area contributed by atoms with Crippen LogP contribution in [0.3, 0.4) is 0 Å². The first-order chi connectivity index (χ1) is 8.32. The fraction of sp³-hybridized carbons (Fsp3) is 0.750. The Kier molecular flexibility index (Phi) is 6.36. The molecule has 0 saturated carbocycles. The average Bonchev–Trinajstić information content (AvgIpc) is 2.34. The van der Waals surface area contributed by atoms with E-state index in [-0.39, 0.29) is 24.8 Å². The second-order valence-corrected chi connectivity index (χ2v) is 4.39. The molecule has 2 N–H and O–H groups in total. The summed E-state index contributed by atoms with van der Waals surface area (Å²) in [4.78, 5) is 35.6. The minimum atomic E-state index is -1.03. The number of nitrogens with zero attached hydrogens (tertiary/aromatic N) is 1. The van der Waals surface area contributed by atoms with Crippen molar-refractivity contribution in [3.63, 3.8) is 0 Å². The molecule has 0 atom stereocenters. The van der Waals surface area contributed by atoms with Gasteiger partial charge in [-0.1, -0.05) is 13.8 Å². The number of carbonyl (C=O) groups is 3. The molecule has 0 aliphatic rings. The zero-order valence-corrected chi connectivity index (χ0v) is 11.4. The molecular formula is C12H22N2O4. The van der Waals surface area contributed by atoms with Crippen molar-refractivity contribution in [2.24, 2.45) is 5.41 Å². The van der Waals surface area contributed by atoms with E-state index in [1.165, 1.54) is 19.0 Å². The monoisotopic (exact) mass is 258 g/mol. The van der Waals surface area contributed by atoms with Crippen LogP contribution in [0.25, 0.3) is 0 Å². The number of carbonyl (C=O) groups excluding carboxylic acids is 2. The van der Waals surface area contributed by atoms with Crippen molar-refractivity contribution < 1.29 is 19.5 Å². The van der Waals surface area contributed by atoms with Gasteiger partial charge in [-0.2, -0.15) is 0 Å². The van der Waals surface area contributed by atoms with Gasteiger partial charge in [0.1, 0.15) is 0 Å². The summed E-state index contributed by atoms with van der Waals surface area (Å²) >= 11 is 0. The molecule has 0 saturated heterocycles. The summed E-state index contributed by atoms with van der Waals surface area (Å²) in [6.45, 7) is 3.45. The van der Waals surface area contributed by atoms with Crippen molar-refractivity contribution in [1.29, 1.82) is 0 Å². The number of hydrogen-bond donors (Lipinski definition) is 2. The molecule has 0 aromatic heterocycles. The van der Waals surface area contributed by atoms with E-state index in [0.717, 1.165) is 0 Å². The van der Waals surface area contributed by atoms with Crippen LogP contribution in [0.2, 0.25) is 0 Å². The lowest BCUT2D eigenvalue weighted by Crippen LogP contribution is -2.41. The van der Waals surface area contributed by atoms with Gasteiger partial charge in [-0.05, 0) is 12.8 Å². The molecular weight excluding hydrogens is 236 g/mol. The third kappa shape index (κ3) is 4.01. The summed E-state index contributed by atoms with van der Waals surface area (Å²) in [6.07, 6.45) is 0.694. The number of carboxylic acid groups (broad SMARTS) is 1. The van der Waals surface area contributed by atoms with Crippen LogP contribution in [0, 0.1) is 5.41 Å². The molecule has 0 fully saturated rings. The summed E-state index contributed by atoms with van der Waals surface area (Å²) in [5.41, 5.74) is -1.03. The summed E-state index contributed by atoms with van der Waals surface area (Å²) in [5.74, 6) is -1.57. The largest absolute Gasteiger partial charge is 0.481 e. The molecule has 0 radical (unpaired) electrons. The maximum absolute atomic E-state index is 11.9. The molecule has 6 heteroatoms. The molecule has 104 valence electrons. The van der Waals surface area contributed by atoms with Crippen LogP contribution >= 0.6 is 0 Å². The van der Waals surface area contributed by atoms with E-state index in [2.05, 4.69) is 5.32 Å². The van der Waals surface area contributed by atoms with Crippen LogP contribution < -0.4 is 5.32 Å². The number of amides is 2. The van der Waals surface area contributed by atoms with Crippen LogP contribution in [-0.2, 0) is 14.4 Å². The third-order valence-electron chi connectivity index (χ3n) is 3.38. The summed E-state index contributed by atoms with van der Waals surface area (Å²) in [7, 11) is 2.98. The van der Waals surface area contributed by atoms with Crippen molar-refractivity contribution in [3.05, 3.63) is 0 Å². The van der Waals surface area contributed by atoms with Crippen LogP contribution in [0.4, 0.5) is 0 Å². The fourth-order valence-electron chi connectivity index (χ4n) is 1.69. The van der Waals surface area contributed by atoms with Crippen molar-refractivity contribution in [2.75, 3.05) is 20.6 Å². The third-order valence-corrected chi connectivity index (χ3v) is 3.38. The number of nitrogens with one attached hydrogen (secondary N) is 1. The fourth-order valence-corrected chi connectivity index (χ4v) is 1.69. The van der Waals surface area contributed by atoms with Gasteiger partial charge in [-0.25, -0.2) is 0 Å². The summed E-state index contributed by atoms with van der Waals surface area (Å²) < 4.78 is 0. The van der Waals surface area contributed by atoms with Gasteiger partial charge in [0, 0.05) is 20.5 Å². The van der Waals surface area contributed by atoms with E-state index in [4.69, 9.17) is 0 Å². The predicted octanol–water partition coefficient (Wildman–Crippen LogP) is 0.472. The van der Waals surface area contributed by atoms with Gasteiger partial charge < -0.3 is 15.3 Å². The van der Waals surface area contributed by atoms with Crippen molar-refractivity contribution in [2.45, 2.75) is 33.1 Å². The van der Waals surface area contributed by atoms with Crippen molar-refractivity contribution in [3.8, 4) is 0 Å². The highest BCUT2D eigenvalue weighted by atomic mass is 16.4. The van der Waals surface area contributed by atoms with E-state index < -0.39 is 11.4 Å². The lowest BCUT2D eigenvalue weighted by atomic mass is 9.79. The van der Waals surface area contributed by atoms with Gasteiger partial charge in [0.25, 0.3) is 0 Å². The van der Waals surface area contributed by atoms with Crippen molar-refractivity contribution >= 4 is 17.8 Å². The number of rotatable bonds is 7. The molecule has 0 unspecified atom stereocenters. The number of hydrogen-bond acceptors (Lipinski definition) is 3. The predicted molar refractivity (Wildman–Crippen MR) is 67.0 cm³/mol. The quantitative estimate of drug-likeness (QED) is 0.695. The van der Waals surface area contributed by atoms with Crippen LogP contribution in [0.1, 0.15) is 33.1 Å². The first-order valence-corrected chi connectivity index (χ1v) is 6.01. The van der Waals surface area contributed by atoms with E-state index in [0.29, 0.717) is 12.8 Å². The molecule has 0 aliphatic carbocycles. The Morgan fingerprint density at radius 2 is 1.72 bits per heavy atom. The van der Waals surface area contributed by atoms with Crippen molar-refractivity contribution in [1.82, 2.24) is 10.2 Å². The molecule has 0 rings (SSSR count). The minimum absolute atomic E-state index is 0.0571. The topological polar surface area (TPSA) is 86.7 Å². The van der Waals surface area contributed by atoms with E-state index in [1.807, 2.05) is 0 Å². The minimum Gasteiger partial charge on any atom is -0.481 e. The highest BCUT2D eigenvalue weighted by Crippen LogP contribution is 2.31. The second-order valence-electron chi connectivity index (χ2n) is 4.39. The Balaban J connectivity index is 4.70. The highest BCUT2D eigenvalue weighted by molar-refractivity contribution is 5.88. The van der Waals surface area contributed by atoms with Gasteiger partial charge in [0.05, 0.1) is 12.0 Å². The van der Waals surface area contributed by atoms with E-state index >= 15 is 0 Å². The maximum Gasteiger partial charge on any atom is 0.310 e. The lowest BCUT2D eigenvalue weighted by molar-refractivity contribution is -0.154.